The topological polar surface area (TPSA) is 101 Å². The zero-order chi connectivity index (χ0) is 14.5. The lowest BCUT2D eigenvalue weighted by atomic mass is 10.2. The zero-order valence-corrected chi connectivity index (χ0v) is 10.8. The van der Waals surface area contributed by atoms with Gasteiger partial charge >= 0.3 is 5.97 Å². The maximum atomic E-state index is 11.6. The second kappa shape index (κ2) is 6.14. The first-order valence-electron chi connectivity index (χ1n) is 5.29. The van der Waals surface area contributed by atoms with Crippen molar-refractivity contribution in [1.29, 1.82) is 0 Å². The highest BCUT2D eigenvalue weighted by molar-refractivity contribution is 7.92. The summed E-state index contributed by atoms with van der Waals surface area (Å²) in [4.78, 5) is 22.5. The van der Waals surface area contributed by atoms with Gasteiger partial charge < -0.3 is 10.4 Å². The summed E-state index contributed by atoms with van der Waals surface area (Å²) in [6.07, 6.45) is 1.19. The molecular weight excluding hydrogens is 270 g/mol. The summed E-state index contributed by atoms with van der Waals surface area (Å²) in [5.41, 5.74) is -0.0363. The molecule has 6 nitrogen and oxygen atoms in total. The van der Waals surface area contributed by atoms with Gasteiger partial charge in [0.25, 0.3) is 0 Å². The molecule has 0 aliphatic rings. The van der Waals surface area contributed by atoms with E-state index < -0.39 is 27.5 Å². The van der Waals surface area contributed by atoms with Crippen molar-refractivity contribution >= 4 is 27.4 Å². The fourth-order valence-corrected chi connectivity index (χ4v) is 2.35. The smallest absolute Gasteiger partial charge is 0.337 e. The Balaban J connectivity index is 2.84. The maximum Gasteiger partial charge on any atom is 0.337 e. The van der Waals surface area contributed by atoms with Crippen molar-refractivity contribution in [3.05, 3.63) is 42.5 Å². The molecule has 0 heterocycles. The van der Waals surface area contributed by atoms with Crippen molar-refractivity contribution < 1.29 is 23.1 Å². The van der Waals surface area contributed by atoms with Crippen LogP contribution in [0.5, 0.6) is 0 Å². The minimum Gasteiger partial charge on any atom is -0.478 e. The fourth-order valence-electron chi connectivity index (χ4n) is 1.40. The van der Waals surface area contributed by atoms with Crippen molar-refractivity contribution in [2.75, 3.05) is 16.8 Å². The van der Waals surface area contributed by atoms with Gasteiger partial charge in [0.2, 0.25) is 5.91 Å². The number of hydrogen-bond donors (Lipinski definition) is 2. The van der Waals surface area contributed by atoms with E-state index in [0.29, 0.717) is 0 Å². The van der Waals surface area contributed by atoms with Gasteiger partial charge in [0, 0.05) is 0 Å². The molecule has 0 atom stereocenters. The van der Waals surface area contributed by atoms with E-state index in [2.05, 4.69) is 11.9 Å². The van der Waals surface area contributed by atoms with Gasteiger partial charge in [-0.25, -0.2) is 13.2 Å². The average molecular weight is 283 g/mol. The molecule has 0 aliphatic carbocycles. The van der Waals surface area contributed by atoms with Gasteiger partial charge in [-0.3, -0.25) is 4.79 Å². The molecule has 0 saturated heterocycles. The number of carbonyl (C=O) groups is 2. The van der Waals surface area contributed by atoms with Gasteiger partial charge in [-0.1, -0.05) is 18.2 Å². The highest BCUT2D eigenvalue weighted by Crippen LogP contribution is 2.14. The molecule has 1 aromatic rings. The van der Waals surface area contributed by atoms with Gasteiger partial charge in [-0.05, 0) is 12.1 Å². The molecule has 0 unspecified atom stereocenters. The average Bonchev–Trinajstić information content (AvgIpc) is 2.28. The number of benzene rings is 1. The predicted octanol–water partition coefficient (Wildman–Crippen LogP) is 0.924. The SMILES string of the molecule is C=CCS(=O)(=O)CC(=O)Nc1ccccc1C(=O)O. The van der Waals surface area contributed by atoms with Gasteiger partial charge in [-0.2, -0.15) is 0 Å². The summed E-state index contributed by atoms with van der Waals surface area (Å²) in [6.45, 7) is 3.29. The normalized spacial score (nSPS) is 10.7. The Bertz CT molecular complexity index is 606. The van der Waals surface area contributed by atoms with Crippen molar-refractivity contribution in [1.82, 2.24) is 0 Å². The maximum absolute atomic E-state index is 11.6. The van der Waals surface area contributed by atoms with Crippen LogP contribution in [0.1, 0.15) is 10.4 Å². The van der Waals surface area contributed by atoms with Gasteiger partial charge in [0.1, 0.15) is 5.75 Å². The Hall–Kier alpha value is -2.15. The molecule has 0 aliphatic heterocycles. The second-order valence-corrected chi connectivity index (χ2v) is 5.85. The first kappa shape index (κ1) is 14.9. The number of rotatable bonds is 6. The molecule has 1 amide bonds. The van der Waals surface area contributed by atoms with E-state index >= 15 is 0 Å². The first-order chi connectivity index (χ1) is 8.85. The number of carboxylic acid groups (broad SMARTS) is 1. The summed E-state index contributed by atoms with van der Waals surface area (Å²) in [6, 6.07) is 5.76. The van der Waals surface area contributed by atoms with E-state index in [0.717, 1.165) is 0 Å². The highest BCUT2D eigenvalue weighted by Gasteiger charge is 2.17. The van der Waals surface area contributed by atoms with E-state index in [1.165, 1.54) is 24.3 Å². The molecule has 0 saturated carbocycles. The fraction of sp³-hybridized carbons (Fsp3) is 0.167. The van der Waals surface area contributed by atoms with Crippen LogP contribution in [-0.2, 0) is 14.6 Å². The van der Waals surface area contributed by atoms with Crippen LogP contribution in [0.2, 0.25) is 0 Å². The number of sulfone groups is 1. The quantitative estimate of drug-likeness (QED) is 0.756. The third kappa shape index (κ3) is 4.55. The lowest BCUT2D eigenvalue weighted by Gasteiger charge is -2.08. The van der Waals surface area contributed by atoms with Crippen molar-refractivity contribution in [3.63, 3.8) is 0 Å². The Morgan fingerprint density at radius 1 is 1.32 bits per heavy atom. The third-order valence-electron chi connectivity index (χ3n) is 2.15. The first-order valence-corrected chi connectivity index (χ1v) is 7.11. The van der Waals surface area contributed by atoms with Crippen LogP contribution in [0.15, 0.2) is 36.9 Å². The van der Waals surface area contributed by atoms with Crippen LogP contribution in [-0.4, -0.2) is 36.9 Å². The van der Waals surface area contributed by atoms with E-state index in [1.54, 1.807) is 6.07 Å². The van der Waals surface area contributed by atoms with E-state index in [9.17, 15) is 18.0 Å². The molecule has 1 rings (SSSR count). The molecular formula is C12H13NO5S. The molecule has 0 radical (unpaired) electrons. The Morgan fingerprint density at radius 3 is 2.53 bits per heavy atom. The van der Waals surface area contributed by atoms with Crippen molar-refractivity contribution in [3.8, 4) is 0 Å². The van der Waals surface area contributed by atoms with Crippen LogP contribution >= 0.6 is 0 Å². The molecule has 1 aromatic carbocycles. The number of carbonyl (C=O) groups excluding carboxylic acids is 1. The van der Waals surface area contributed by atoms with Crippen LogP contribution in [0, 0.1) is 0 Å². The Labute approximate surface area is 110 Å². The Kier molecular flexibility index (Phi) is 4.82. The second-order valence-electron chi connectivity index (χ2n) is 3.74. The van der Waals surface area contributed by atoms with Crippen LogP contribution in [0.4, 0.5) is 5.69 Å². The summed E-state index contributed by atoms with van der Waals surface area (Å²) >= 11 is 0. The Morgan fingerprint density at radius 2 is 1.95 bits per heavy atom. The summed E-state index contributed by atoms with van der Waals surface area (Å²) in [5.74, 6) is -3.01. The van der Waals surface area contributed by atoms with Crippen molar-refractivity contribution in [2.45, 2.75) is 0 Å². The van der Waals surface area contributed by atoms with Crippen LogP contribution in [0.3, 0.4) is 0 Å². The van der Waals surface area contributed by atoms with Crippen LogP contribution < -0.4 is 5.32 Å². The number of aromatic carboxylic acids is 1. The predicted molar refractivity (Wildman–Crippen MR) is 70.9 cm³/mol. The summed E-state index contributed by atoms with van der Waals surface area (Å²) in [7, 11) is -3.56. The molecule has 0 fully saturated rings. The molecule has 19 heavy (non-hydrogen) atoms. The van der Waals surface area contributed by atoms with Gasteiger partial charge in [-0.15, -0.1) is 6.58 Å². The molecule has 0 spiro atoms. The minimum absolute atomic E-state index is 0.0637. The number of anilines is 1. The number of hydrogen-bond acceptors (Lipinski definition) is 4. The van der Waals surface area contributed by atoms with Gasteiger partial charge in [0.05, 0.1) is 17.0 Å². The number of carboxylic acids is 1. The van der Waals surface area contributed by atoms with Crippen LogP contribution in [0.25, 0.3) is 0 Å². The number of nitrogens with one attached hydrogen (secondary N) is 1. The van der Waals surface area contributed by atoms with E-state index in [1.807, 2.05) is 0 Å². The highest BCUT2D eigenvalue weighted by atomic mass is 32.2. The third-order valence-corrected chi connectivity index (χ3v) is 3.60. The number of para-hydroxylation sites is 1. The molecule has 0 aromatic heterocycles. The number of amides is 1. The largest absolute Gasteiger partial charge is 0.478 e. The zero-order valence-electron chi connectivity index (χ0n) is 10.00. The summed E-state index contributed by atoms with van der Waals surface area (Å²) in [5, 5.41) is 11.2. The molecule has 7 heteroatoms. The van der Waals surface area contributed by atoms with Crippen molar-refractivity contribution in [2.24, 2.45) is 0 Å². The lowest BCUT2D eigenvalue weighted by molar-refractivity contribution is -0.113. The standard InChI is InChI=1S/C12H13NO5S/c1-2-7-19(17,18)8-11(14)13-10-6-4-3-5-9(10)12(15)16/h2-6H,1,7-8H2,(H,13,14)(H,15,16). The molecule has 102 valence electrons. The summed E-state index contributed by atoms with van der Waals surface area (Å²) < 4.78 is 22.8. The van der Waals surface area contributed by atoms with Gasteiger partial charge in [0.15, 0.2) is 9.84 Å². The van der Waals surface area contributed by atoms with E-state index in [-0.39, 0.29) is 17.0 Å². The molecule has 0 bridgehead atoms. The monoisotopic (exact) mass is 283 g/mol. The molecule has 2 N–H and O–H groups in total. The van der Waals surface area contributed by atoms with E-state index in [4.69, 9.17) is 5.11 Å². The lowest BCUT2D eigenvalue weighted by Crippen LogP contribution is -2.25. The minimum atomic E-state index is -3.56.